The Bertz CT molecular complexity index is 1400. The maximum atomic E-state index is 13.1. The van der Waals surface area contributed by atoms with E-state index in [-0.39, 0.29) is 33.8 Å². The van der Waals surface area contributed by atoms with E-state index in [2.05, 4.69) is 64.0 Å². The van der Waals surface area contributed by atoms with Crippen molar-refractivity contribution in [3.05, 3.63) is 55.8 Å². The van der Waals surface area contributed by atoms with Gasteiger partial charge in [0.15, 0.2) is 5.16 Å². The fourth-order valence-electron chi connectivity index (χ4n) is 5.20. The second-order valence-electron chi connectivity index (χ2n) is 12.3. The van der Waals surface area contributed by atoms with E-state index >= 15 is 0 Å². The van der Waals surface area contributed by atoms with Crippen molar-refractivity contribution in [2.24, 2.45) is 0 Å². The molecule has 0 aliphatic carbocycles. The summed E-state index contributed by atoms with van der Waals surface area (Å²) in [5, 5.41) is 15.0. The third-order valence-electron chi connectivity index (χ3n) is 7.46. The summed E-state index contributed by atoms with van der Waals surface area (Å²) < 4.78 is 1.61. The van der Waals surface area contributed by atoms with Crippen LogP contribution in [-0.4, -0.2) is 49.3 Å². The van der Waals surface area contributed by atoms with Gasteiger partial charge in [0.25, 0.3) is 11.5 Å². The fraction of sp³-hybridized carbons (Fsp3) is 0.517. The Morgan fingerprint density at radius 2 is 1.66 bits per heavy atom. The largest absolute Gasteiger partial charge is 0.507 e. The SMILES string of the molecule is CC(C)(C)c1cc(-c2csc(C3CCN(C(=O)c4cnc5n(c4=O)CCS5)CC3)n2)cc(C(C)(C)C)c1O. The number of thiazole rings is 1. The lowest BCUT2D eigenvalue weighted by molar-refractivity contribution is 0.0709. The van der Waals surface area contributed by atoms with Gasteiger partial charge in [0.05, 0.1) is 10.7 Å². The molecule has 2 aliphatic heterocycles. The number of thioether (sulfide) groups is 1. The average Bonchev–Trinajstić information content (AvgIpc) is 3.53. The van der Waals surface area contributed by atoms with Crippen molar-refractivity contribution in [3.8, 4) is 17.0 Å². The highest BCUT2D eigenvalue weighted by Crippen LogP contribution is 2.42. The second kappa shape index (κ2) is 9.83. The number of aromatic nitrogens is 3. The molecule has 2 aliphatic rings. The van der Waals surface area contributed by atoms with Gasteiger partial charge < -0.3 is 10.0 Å². The summed E-state index contributed by atoms with van der Waals surface area (Å²) in [5.74, 6) is 1.25. The third kappa shape index (κ3) is 5.02. The van der Waals surface area contributed by atoms with Crippen molar-refractivity contribution in [2.45, 2.75) is 82.8 Å². The van der Waals surface area contributed by atoms with E-state index in [9.17, 15) is 14.7 Å². The fourth-order valence-corrected chi connectivity index (χ4v) is 7.11. The van der Waals surface area contributed by atoms with Crippen LogP contribution >= 0.6 is 23.1 Å². The molecular weight excluding hydrogens is 516 g/mol. The number of amides is 1. The number of aromatic hydroxyl groups is 1. The van der Waals surface area contributed by atoms with E-state index in [1.165, 1.54) is 6.20 Å². The number of carbonyl (C=O) groups excluding carboxylic acids is 1. The summed E-state index contributed by atoms with van der Waals surface area (Å²) in [6.07, 6.45) is 3.07. The van der Waals surface area contributed by atoms with Crippen molar-refractivity contribution in [1.82, 2.24) is 19.4 Å². The first-order valence-electron chi connectivity index (χ1n) is 13.2. The summed E-state index contributed by atoms with van der Waals surface area (Å²) in [5.41, 5.74) is 3.35. The highest BCUT2D eigenvalue weighted by Gasteiger charge is 2.30. The molecule has 0 spiro atoms. The van der Waals surface area contributed by atoms with Crippen molar-refractivity contribution < 1.29 is 9.90 Å². The zero-order chi connectivity index (χ0) is 27.4. The zero-order valence-corrected chi connectivity index (χ0v) is 24.6. The van der Waals surface area contributed by atoms with Crippen LogP contribution in [0.3, 0.4) is 0 Å². The lowest BCUT2D eigenvalue weighted by Gasteiger charge is -2.31. The van der Waals surface area contributed by atoms with E-state index in [1.807, 2.05) is 0 Å². The Balaban J connectivity index is 1.34. The van der Waals surface area contributed by atoms with Crippen LogP contribution in [0.2, 0.25) is 0 Å². The molecule has 0 bridgehead atoms. The van der Waals surface area contributed by atoms with E-state index in [0.29, 0.717) is 30.5 Å². The Morgan fingerprint density at radius 1 is 1.03 bits per heavy atom. The molecule has 5 rings (SSSR count). The molecule has 38 heavy (non-hydrogen) atoms. The lowest BCUT2D eigenvalue weighted by Crippen LogP contribution is -2.41. The summed E-state index contributed by atoms with van der Waals surface area (Å²) >= 11 is 3.21. The van der Waals surface area contributed by atoms with Crippen LogP contribution < -0.4 is 5.56 Å². The molecule has 1 aromatic carbocycles. The number of fused-ring (bicyclic) bond motifs is 1. The Morgan fingerprint density at radius 3 is 2.26 bits per heavy atom. The minimum absolute atomic E-state index is 0.169. The minimum Gasteiger partial charge on any atom is -0.507 e. The number of carbonyl (C=O) groups is 1. The van der Waals surface area contributed by atoms with Gasteiger partial charge in [-0.2, -0.15) is 0 Å². The molecule has 202 valence electrons. The number of benzene rings is 1. The van der Waals surface area contributed by atoms with Crippen molar-refractivity contribution >= 4 is 29.0 Å². The van der Waals surface area contributed by atoms with E-state index in [4.69, 9.17) is 4.98 Å². The highest BCUT2D eigenvalue weighted by molar-refractivity contribution is 7.99. The monoisotopic (exact) mass is 552 g/mol. The summed E-state index contributed by atoms with van der Waals surface area (Å²) in [4.78, 5) is 37.1. The number of phenolic OH excluding ortho intramolecular Hbond substituents is 1. The Labute approximate surface area is 232 Å². The normalized spacial score (nSPS) is 16.6. The molecule has 2 aromatic heterocycles. The topological polar surface area (TPSA) is 88.3 Å². The predicted octanol–water partition coefficient (Wildman–Crippen LogP) is 5.79. The van der Waals surface area contributed by atoms with Crippen LogP contribution in [0.4, 0.5) is 0 Å². The number of phenols is 1. The van der Waals surface area contributed by atoms with Crippen LogP contribution in [0.5, 0.6) is 5.75 Å². The van der Waals surface area contributed by atoms with Gasteiger partial charge in [-0.15, -0.1) is 11.3 Å². The van der Waals surface area contributed by atoms with E-state index in [0.717, 1.165) is 46.0 Å². The standard InChI is InChI=1S/C29H36N4O3S2/c1-28(2,3)20-13-18(14-21(23(20)34)29(4,5)6)22-16-38-24(31-22)17-7-9-32(10-8-17)25(35)19-15-30-27-33(26(19)36)11-12-37-27/h13-17,34H,7-12H2,1-6H3. The van der Waals surface area contributed by atoms with Crippen molar-refractivity contribution in [2.75, 3.05) is 18.8 Å². The summed E-state index contributed by atoms with van der Waals surface area (Å²) in [7, 11) is 0. The number of likely N-dealkylation sites (tertiary alicyclic amines) is 1. The molecule has 0 atom stereocenters. The maximum absolute atomic E-state index is 13.1. The zero-order valence-electron chi connectivity index (χ0n) is 23.0. The van der Waals surface area contributed by atoms with Crippen LogP contribution in [0.1, 0.15) is 86.8 Å². The van der Waals surface area contributed by atoms with E-state index < -0.39 is 0 Å². The van der Waals surface area contributed by atoms with Crippen molar-refractivity contribution in [1.29, 1.82) is 0 Å². The smallest absolute Gasteiger partial charge is 0.267 e. The molecule has 1 N–H and O–H groups in total. The molecule has 7 nitrogen and oxygen atoms in total. The Hall–Kier alpha value is -2.65. The van der Waals surface area contributed by atoms with Gasteiger partial charge in [0.1, 0.15) is 11.3 Å². The first-order chi connectivity index (χ1) is 17.8. The third-order valence-corrected chi connectivity index (χ3v) is 9.44. The molecule has 1 saturated heterocycles. The molecular formula is C29H36N4O3S2. The minimum atomic E-state index is -0.227. The van der Waals surface area contributed by atoms with Gasteiger partial charge >= 0.3 is 0 Å². The molecule has 0 radical (unpaired) electrons. The molecule has 3 aromatic rings. The first kappa shape index (κ1) is 26.9. The van der Waals surface area contributed by atoms with Crippen LogP contribution in [0, 0.1) is 0 Å². The molecule has 9 heteroatoms. The first-order valence-corrected chi connectivity index (χ1v) is 15.1. The molecule has 1 fully saturated rings. The second-order valence-corrected chi connectivity index (χ2v) is 14.3. The van der Waals surface area contributed by atoms with Crippen LogP contribution in [0.25, 0.3) is 11.3 Å². The van der Waals surface area contributed by atoms with Gasteiger partial charge in [-0.1, -0.05) is 53.3 Å². The number of nitrogens with zero attached hydrogens (tertiary/aromatic N) is 4. The molecule has 4 heterocycles. The number of piperidine rings is 1. The van der Waals surface area contributed by atoms with Gasteiger partial charge in [-0.25, -0.2) is 9.97 Å². The van der Waals surface area contributed by atoms with Gasteiger partial charge in [-0.3, -0.25) is 14.2 Å². The van der Waals surface area contributed by atoms with E-state index in [1.54, 1.807) is 32.6 Å². The number of hydrogen-bond donors (Lipinski definition) is 1. The van der Waals surface area contributed by atoms with Crippen LogP contribution in [0.15, 0.2) is 33.7 Å². The highest BCUT2D eigenvalue weighted by atomic mass is 32.2. The average molecular weight is 553 g/mol. The lowest BCUT2D eigenvalue weighted by atomic mass is 9.78. The predicted molar refractivity (Wildman–Crippen MR) is 154 cm³/mol. The quantitative estimate of drug-likeness (QED) is 0.414. The molecule has 1 amide bonds. The van der Waals surface area contributed by atoms with Crippen molar-refractivity contribution in [3.63, 3.8) is 0 Å². The molecule has 0 saturated carbocycles. The summed E-state index contributed by atoms with van der Waals surface area (Å²) in [6.45, 7) is 14.5. The van der Waals surface area contributed by atoms with Gasteiger partial charge in [0.2, 0.25) is 0 Å². The van der Waals surface area contributed by atoms with Crippen LogP contribution in [-0.2, 0) is 17.4 Å². The van der Waals surface area contributed by atoms with Gasteiger partial charge in [-0.05, 0) is 35.8 Å². The number of hydrogen-bond acceptors (Lipinski definition) is 7. The number of rotatable bonds is 3. The molecule has 0 unspecified atom stereocenters. The Kier molecular flexibility index (Phi) is 6.97. The maximum Gasteiger partial charge on any atom is 0.267 e. The van der Waals surface area contributed by atoms with Gasteiger partial charge in [0, 0.05) is 59.6 Å². The summed E-state index contributed by atoms with van der Waals surface area (Å²) in [6, 6.07) is 4.15.